The lowest BCUT2D eigenvalue weighted by molar-refractivity contribution is 0.0931. The molecule has 0 heterocycles. The van der Waals surface area contributed by atoms with Gasteiger partial charge in [-0.2, -0.15) is 0 Å². The quantitative estimate of drug-likeness (QED) is 0.586. The van der Waals surface area contributed by atoms with Crippen molar-refractivity contribution in [2.75, 3.05) is 12.4 Å². The summed E-state index contributed by atoms with van der Waals surface area (Å²) in [5, 5.41) is 3.01. The first-order valence-electron chi connectivity index (χ1n) is 6.17. The Bertz CT molecular complexity index is 396. The second-order valence-electron chi connectivity index (χ2n) is 4.50. The van der Waals surface area contributed by atoms with E-state index in [4.69, 9.17) is 11.6 Å². The number of hydrogen-bond donors (Lipinski definition) is 1. The number of carbonyl (C=O) groups excluding carboxylic acids is 1. The fourth-order valence-electron chi connectivity index (χ4n) is 1.74. The molecule has 0 aliphatic carbocycles. The number of carbonyl (C=O) groups is 1. The molecule has 0 atom stereocenters. The molecule has 1 aromatic rings. The Kier molecular flexibility index (Phi) is 6.43. The van der Waals surface area contributed by atoms with Crippen LogP contribution < -0.4 is 5.32 Å². The second kappa shape index (κ2) is 7.34. The predicted octanol–water partition coefficient (Wildman–Crippen LogP) is 4.07. The molecule has 1 N–H and O–H groups in total. The molecule has 0 aromatic heterocycles. The molecule has 1 rings (SSSR count). The highest BCUT2D eigenvalue weighted by molar-refractivity contribution is 14.1. The number of alkyl halides is 1. The summed E-state index contributed by atoms with van der Waals surface area (Å²) in [6.45, 7) is 4.86. The van der Waals surface area contributed by atoms with Gasteiger partial charge in [-0.15, -0.1) is 11.6 Å². The highest BCUT2D eigenvalue weighted by Crippen LogP contribution is 2.27. The predicted molar refractivity (Wildman–Crippen MR) is 85.2 cm³/mol. The van der Waals surface area contributed by atoms with E-state index in [1.165, 1.54) is 0 Å². The SMILES string of the molecule is CCC(CC)(CCl)CNC(=O)c1ccccc1I. The highest BCUT2D eigenvalue weighted by Gasteiger charge is 2.26. The van der Waals surface area contributed by atoms with E-state index in [-0.39, 0.29) is 11.3 Å². The zero-order valence-electron chi connectivity index (χ0n) is 10.8. The molecule has 1 amide bonds. The Labute approximate surface area is 128 Å². The van der Waals surface area contributed by atoms with E-state index >= 15 is 0 Å². The van der Waals surface area contributed by atoms with Crippen LogP contribution in [0.3, 0.4) is 0 Å². The van der Waals surface area contributed by atoms with Crippen LogP contribution in [0.2, 0.25) is 0 Å². The van der Waals surface area contributed by atoms with Crippen LogP contribution in [-0.4, -0.2) is 18.3 Å². The molecule has 0 spiro atoms. The van der Waals surface area contributed by atoms with Gasteiger partial charge < -0.3 is 5.32 Å². The molecule has 0 saturated heterocycles. The zero-order valence-corrected chi connectivity index (χ0v) is 13.7. The molecule has 0 unspecified atom stereocenters. The van der Waals surface area contributed by atoms with Crippen LogP contribution in [0, 0.1) is 8.99 Å². The third-order valence-corrected chi connectivity index (χ3v) is 5.03. The number of rotatable bonds is 6. The fourth-order valence-corrected chi connectivity index (χ4v) is 2.85. The average molecular weight is 380 g/mol. The normalized spacial score (nSPS) is 11.3. The van der Waals surface area contributed by atoms with Gasteiger partial charge in [0.05, 0.1) is 5.56 Å². The van der Waals surface area contributed by atoms with Gasteiger partial charge in [-0.05, 0) is 47.6 Å². The van der Waals surface area contributed by atoms with Crippen molar-refractivity contribution in [3.05, 3.63) is 33.4 Å². The van der Waals surface area contributed by atoms with Crippen LogP contribution in [0.4, 0.5) is 0 Å². The van der Waals surface area contributed by atoms with Gasteiger partial charge in [0.2, 0.25) is 0 Å². The van der Waals surface area contributed by atoms with Gasteiger partial charge in [0.15, 0.2) is 0 Å². The maximum absolute atomic E-state index is 12.1. The molecule has 2 nitrogen and oxygen atoms in total. The van der Waals surface area contributed by atoms with E-state index in [2.05, 4.69) is 41.8 Å². The number of hydrogen-bond acceptors (Lipinski definition) is 1. The first kappa shape index (κ1) is 15.8. The van der Waals surface area contributed by atoms with Gasteiger partial charge in [0.1, 0.15) is 0 Å². The van der Waals surface area contributed by atoms with Gasteiger partial charge in [-0.3, -0.25) is 4.79 Å². The Morgan fingerprint density at radius 2 is 1.94 bits per heavy atom. The monoisotopic (exact) mass is 379 g/mol. The van der Waals surface area contributed by atoms with Crippen LogP contribution >= 0.6 is 34.2 Å². The van der Waals surface area contributed by atoms with E-state index < -0.39 is 0 Å². The maximum atomic E-state index is 12.1. The zero-order chi connectivity index (χ0) is 13.6. The summed E-state index contributed by atoms with van der Waals surface area (Å²) < 4.78 is 0.970. The van der Waals surface area contributed by atoms with Crippen molar-refractivity contribution in [2.24, 2.45) is 5.41 Å². The van der Waals surface area contributed by atoms with Gasteiger partial charge in [0.25, 0.3) is 5.91 Å². The van der Waals surface area contributed by atoms with Gasteiger partial charge in [-0.25, -0.2) is 0 Å². The molecule has 0 radical (unpaired) electrons. The highest BCUT2D eigenvalue weighted by atomic mass is 127. The standard InChI is InChI=1S/C14H19ClINO/c1-3-14(4-2,9-15)10-17-13(18)11-7-5-6-8-12(11)16/h5-8H,3-4,9-10H2,1-2H3,(H,17,18). The van der Waals surface area contributed by atoms with Crippen LogP contribution in [0.25, 0.3) is 0 Å². The lowest BCUT2D eigenvalue weighted by Gasteiger charge is -2.29. The van der Waals surface area contributed by atoms with Gasteiger partial charge in [-0.1, -0.05) is 26.0 Å². The average Bonchev–Trinajstić information content (AvgIpc) is 2.41. The van der Waals surface area contributed by atoms with Crippen LogP contribution in [0.15, 0.2) is 24.3 Å². The summed E-state index contributed by atoms with van der Waals surface area (Å²) in [6, 6.07) is 7.59. The summed E-state index contributed by atoms with van der Waals surface area (Å²) in [5.74, 6) is 0.558. The lowest BCUT2D eigenvalue weighted by atomic mass is 9.84. The van der Waals surface area contributed by atoms with E-state index in [1.807, 2.05) is 24.3 Å². The van der Waals surface area contributed by atoms with Gasteiger partial charge in [0, 0.05) is 21.4 Å². The Balaban J connectivity index is 2.69. The minimum atomic E-state index is -0.0172. The second-order valence-corrected chi connectivity index (χ2v) is 5.93. The first-order valence-corrected chi connectivity index (χ1v) is 7.78. The number of benzene rings is 1. The smallest absolute Gasteiger partial charge is 0.252 e. The van der Waals surface area contributed by atoms with Crippen molar-refractivity contribution >= 4 is 40.1 Å². The fraction of sp³-hybridized carbons (Fsp3) is 0.500. The van der Waals surface area contributed by atoms with E-state index in [0.29, 0.717) is 12.4 Å². The number of halogens is 2. The van der Waals surface area contributed by atoms with E-state index in [0.717, 1.165) is 22.0 Å². The molecule has 1 aromatic carbocycles. The summed E-state index contributed by atoms with van der Waals surface area (Å²) in [5.41, 5.74) is 0.742. The van der Waals surface area contributed by atoms with Crippen molar-refractivity contribution in [1.82, 2.24) is 5.32 Å². The molecule has 18 heavy (non-hydrogen) atoms. The summed E-state index contributed by atoms with van der Waals surface area (Å²) in [7, 11) is 0. The molecule has 0 aliphatic rings. The largest absolute Gasteiger partial charge is 0.351 e. The molecule has 4 heteroatoms. The lowest BCUT2D eigenvalue weighted by Crippen LogP contribution is -2.38. The number of nitrogens with one attached hydrogen (secondary N) is 1. The summed E-state index contributed by atoms with van der Waals surface area (Å²) >= 11 is 8.21. The van der Waals surface area contributed by atoms with Crippen molar-refractivity contribution in [3.63, 3.8) is 0 Å². The molecule has 0 aliphatic heterocycles. The maximum Gasteiger partial charge on any atom is 0.252 e. The summed E-state index contributed by atoms with van der Waals surface area (Å²) in [6.07, 6.45) is 1.94. The Hall–Kier alpha value is -0.290. The van der Waals surface area contributed by atoms with Crippen molar-refractivity contribution < 1.29 is 4.79 Å². The van der Waals surface area contributed by atoms with Crippen LogP contribution in [0.5, 0.6) is 0 Å². The molecule has 0 fully saturated rings. The molecule has 100 valence electrons. The molecule has 0 saturated carbocycles. The number of amides is 1. The van der Waals surface area contributed by atoms with Crippen molar-refractivity contribution in [2.45, 2.75) is 26.7 Å². The summed E-state index contributed by atoms with van der Waals surface area (Å²) in [4.78, 5) is 12.1. The van der Waals surface area contributed by atoms with E-state index in [9.17, 15) is 4.79 Å². The topological polar surface area (TPSA) is 29.1 Å². The minimum absolute atomic E-state index is 0.0113. The van der Waals surface area contributed by atoms with Crippen LogP contribution in [0.1, 0.15) is 37.0 Å². The third kappa shape index (κ3) is 3.85. The van der Waals surface area contributed by atoms with Gasteiger partial charge >= 0.3 is 0 Å². The van der Waals surface area contributed by atoms with Crippen molar-refractivity contribution in [1.29, 1.82) is 0 Å². The molecule has 0 bridgehead atoms. The first-order chi connectivity index (χ1) is 8.58. The third-order valence-electron chi connectivity index (χ3n) is 3.53. The van der Waals surface area contributed by atoms with E-state index in [1.54, 1.807) is 0 Å². The Morgan fingerprint density at radius 3 is 2.44 bits per heavy atom. The Morgan fingerprint density at radius 1 is 1.33 bits per heavy atom. The van der Waals surface area contributed by atoms with Crippen LogP contribution in [-0.2, 0) is 0 Å². The molecular formula is C14H19ClINO. The molecular weight excluding hydrogens is 361 g/mol. The van der Waals surface area contributed by atoms with Crippen molar-refractivity contribution in [3.8, 4) is 0 Å². The minimum Gasteiger partial charge on any atom is -0.351 e.